The summed E-state index contributed by atoms with van der Waals surface area (Å²) in [7, 11) is 0. The van der Waals surface area contributed by atoms with E-state index in [0.717, 1.165) is 15.9 Å². The molecule has 7 nitrogen and oxygen atoms in total. The molecule has 9 heteroatoms. The summed E-state index contributed by atoms with van der Waals surface area (Å²) < 4.78 is 2.53. The number of aromatic nitrogens is 5. The molecule has 2 aromatic carbocycles. The van der Waals surface area contributed by atoms with Crippen LogP contribution in [0.5, 0.6) is 0 Å². The van der Waals surface area contributed by atoms with Crippen molar-refractivity contribution in [1.29, 1.82) is 0 Å². The Morgan fingerprint density at radius 3 is 2.62 bits per heavy atom. The summed E-state index contributed by atoms with van der Waals surface area (Å²) in [5.41, 5.74) is 2.28. The zero-order chi connectivity index (χ0) is 20.0. The largest absolute Gasteiger partial charge is 0.304 e. The number of para-hydroxylation sites is 1. The molecule has 142 valence electrons. The average Bonchev–Trinajstić information content (AvgIpc) is 3.34. The lowest BCUT2D eigenvalue weighted by Gasteiger charge is -2.18. The van der Waals surface area contributed by atoms with Gasteiger partial charge >= 0.3 is 5.91 Å². The van der Waals surface area contributed by atoms with E-state index in [1.807, 2.05) is 31.2 Å². The van der Waals surface area contributed by atoms with E-state index in [1.54, 1.807) is 41.0 Å². The summed E-state index contributed by atoms with van der Waals surface area (Å²) in [6, 6.07) is 16.5. The zero-order valence-electron chi connectivity index (χ0n) is 15.2. The van der Waals surface area contributed by atoms with E-state index in [-0.39, 0.29) is 5.82 Å². The summed E-state index contributed by atoms with van der Waals surface area (Å²) in [5.74, 6) is 0.0194. The summed E-state index contributed by atoms with van der Waals surface area (Å²) in [6.45, 7) is 1.88. The number of rotatable bonds is 3. The van der Waals surface area contributed by atoms with Crippen LogP contribution in [0.25, 0.3) is 16.0 Å². The summed E-state index contributed by atoms with van der Waals surface area (Å²) in [5, 5.41) is 5.47. The average molecular weight is 421 g/mol. The first-order valence-electron chi connectivity index (χ1n) is 8.74. The molecule has 0 unspecified atom stereocenters. The quantitative estimate of drug-likeness (QED) is 0.423. The van der Waals surface area contributed by atoms with Crippen molar-refractivity contribution in [3.63, 3.8) is 0 Å². The van der Waals surface area contributed by atoms with Crippen LogP contribution in [0.15, 0.2) is 60.8 Å². The smallest absolute Gasteiger partial charge is 0.264 e. The van der Waals surface area contributed by atoms with Crippen molar-refractivity contribution in [3.8, 4) is 0 Å². The van der Waals surface area contributed by atoms with Crippen molar-refractivity contribution < 1.29 is 4.79 Å². The Kier molecular flexibility index (Phi) is 4.22. The van der Waals surface area contributed by atoms with Gasteiger partial charge < -0.3 is 0 Å². The molecule has 0 aliphatic carbocycles. The lowest BCUT2D eigenvalue weighted by Crippen LogP contribution is -2.27. The molecule has 5 aromatic rings. The van der Waals surface area contributed by atoms with E-state index in [4.69, 9.17) is 11.6 Å². The third-order valence-corrected chi connectivity index (χ3v) is 5.66. The topological polar surface area (TPSA) is 76.3 Å². The highest BCUT2D eigenvalue weighted by Gasteiger charge is 2.27. The van der Waals surface area contributed by atoms with Gasteiger partial charge in [0.1, 0.15) is 0 Å². The van der Waals surface area contributed by atoms with Crippen molar-refractivity contribution >= 4 is 55.7 Å². The second kappa shape index (κ2) is 6.91. The van der Waals surface area contributed by atoms with Crippen molar-refractivity contribution in [1.82, 2.24) is 24.6 Å². The Balaban J connectivity index is 1.67. The van der Waals surface area contributed by atoms with Gasteiger partial charge in [-0.2, -0.15) is 4.98 Å². The van der Waals surface area contributed by atoms with E-state index in [9.17, 15) is 4.79 Å². The number of carbonyl (C=O) groups is 1. The minimum atomic E-state index is -0.392. The molecule has 0 spiro atoms. The first kappa shape index (κ1) is 17.7. The number of anilines is 2. The molecule has 0 aliphatic heterocycles. The highest BCUT2D eigenvalue weighted by Crippen LogP contribution is 2.34. The van der Waals surface area contributed by atoms with Crippen LogP contribution >= 0.6 is 22.9 Å². The standard InChI is InChI=1S/C20H13ClN6OS/c1-12-10-11-22-19-24-17(25-27(12)19)18(28)26(14-8-6-13(21)7-9-14)20-23-15-4-2-3-5-16(15)29-20/h2-11H,1H3. The highest BCUT2D eigenvalue weighted by molar-refractivity contribution is 7.22. The highest BCUT2D eigenvalue weighted by atomic mass is 35.5. The second-order valence-corrected chi connectivity index (χ2v) is 7.76. The van der Waals surface area contributed by atoms with E-state index in [0.29, 0.717) is 21.6 Å². The van der Waals surface area contributed by atoms with E-state index < -0.39 is 5.91 Å². The molecule has 0 atom stereocenters. The van der Waals surface area contributed by atoms with Crippen molar-refractivity contribution in [2.75, 3.05) is 4.90 Å². The molecule has 0 fully saturated rings. The molecule has 1 amide bonds. The fourth-order valence-electron chi connectivity index (χ4n) is 2.96. The minimum Gasteiger partial charge on any atom is -0.264 e. The van der Waals surface area contributed by atoms with Gasteiger partial charge in [0.05, 0.1) is 15.9 Å². The SMILES string of the molecule is Cc1ccnc2nc(C(=O)N(c3ccc(Cl)cc3)c3nc4ccccc4s3)nn12. The normalized spacial score (nSPS) is 11.2. The number of thiazole rings is 1. The third kappa shape index (κ3) is 3.12. The number of hydrogen-bond acceptors (Lipinski definition) is 6. The number of nitrogens with zero attached hydrogens (tertiary/aromatic N) is 6. The lowest BCUT2D eigenvalue weighted by molar-refractivity contribution is 0.0989. The first-order valence-corrected chi connectivity index (χ1v) is 9.93. The third-order valence-electron chi connectivity index (χ3n) is 4.38. The number of aryl methyl sites for hydroxylation is 1. The van der Waals surface area contributed by atoms with Gasteiger partial charge in [0.25, 0.3) is 5.78 Å². The molecule has 0 aliphatic rings. The summed E-state index contributed by atoms with van der Waals surface area (Å²) in [6.07, 6.45) is 1.64. The zero-order valence-corrected chi connectivity index (χ0v) is 16.7. The van der Waals surface area contributed by atoms with Crippen LogP contribution in [0.1, 0.15) is 16.3 Å². The monoisotopic (exact) mass is 420 g/mol. The molecule has 0 radical (unpaired) electrons. The van der Waals surface area contributed by atoms with Gasteiger partial charge in [-0.25, -0.2) is 19.4 Å². The van der Waals surface area contributed by atoms with E-state index in [2.05, 4.69) is 20.1 Å². The molecule has 3 heterocycles. The van der Waals surface area contributed by atoms with Crippen molar-refractivity contribution in [2.24, 2.45) is 0 Å². The van der Waals surface area contributed by atoms with Crippen LogP contribution in [-0.2, 0) is 0 Å². The number of benzene rings is 2. The molecule has 29 heavy (non-hydrogen) atoms. The van der Waals surface area contributed by atoms with Gasteiger partial charge in [0, 0.05) is 16.9 Å². The lowest BCUT2D eigenvalue weighted by atomic mass is 10.3. The molecule has 0 saturated carbocycles. The van der Waals surface area contributed by atoms with E-state index >= 15 is 0 Å². The van der Waals surface area contributed by atoms with Gasteiger partial charge in [-0.05, 0) is 49.4 Å². The number of hydrogen-bond donors (Lipinski definition) is 0. The van der Waals surface area contributed by atoms with Gasteiger partial charge in [0.15, 0.2) is 5.13 Å². The number of carbonyl (C=O) groups excluding carboxylic acids is 1. The predicted molar refractivity (Wildman–Crippen MR) is 113 cm³/mol. The summed E-state index contributed by atoms with van der Waals surface area (Å²) in [4.78, 5) is 28.1. The Morgan fingerprint density at radius 2 is 1.86 bits per heavy atom. The molecule has 0 bridgehead atoms. The number of fused-ring (bicyclic) bond motifs is 2. The number of halogens is 1. The fraction of sp³-hybridized carbons (Fsp3) is 0.0500. The molecule has 5 rings (SSSR count). The van der Waals surface area contributed by atoms with Crippen LogP contribution in [0.3, 0.4) is 0 Å². The van der Waals surface area contributed by atoms with Crippen molar-refractivity contribution in [2.45, 2.75) is 6.92 Å². The Labute approximate surface area is 174 Å². The Bertz CT molecular complexity index is 1330. The molecule has 3 aromatic heterocycles. The number of amides is 1. The second-order valence-electron chi connectivity index (χ2n) is 6.31. The molecular formula is C20H13ClN6OS. The van der Waals surface area contributed by atoms with Gasteiger partial charge in [-0.15, -0.1) is 5.10 Å². The van der Waals surface area contributed by atoms with Crippen LogP contribution < -0.4 is 4.90 Å². The maximum Gasteiger partial charge on any atom is 0.304 e. The Morgan fingerprint density at radius 1 is 1.07 bits per heavy atom. The summed E-state index contributed by atoms with van der Waals surface area (Å²) >= 11 is 7.46. The molecular weight excluding hydrogens is 408 g/mol. The molecule has 0 saturated heterocycles. The Hall–Kier alpha value is -3.36. The molecule has 0 N–H and O–H groups in total. The maximum absolute atomic E-state index is 13.5. The van der Waals surface area contributed by atoms with Crippen LogP contribution in [-0.4, -0.2) is 30.5 Å². The van der Waals surface area contributed by atoms with E-state index in [1.165, 1.54) is 16.2 Å². The van der Waals surface area contributed by atoms with Gasteiger partial charge in [0.2, 0.25) is 5.82 Å². The van der Waals surface area contributed by atoms with Crippen LogP contribution in [0.2, 0.25) is 5.02 Å². The van der Waals surface area contributed by atoms with Crippen LogP contribution in [0.4, 0.5) is 10.8 Å². The predicted octanol–water partition coefficient (Wildman–Crippen LogP) is 4.67. The van der Waals surface area contributed by atoms with Gasteiger partial charge in [-0.1, -0.05) is 35.1 Å². The maximum atomic E-state index is 13.5. The van der Waals surface area contributed by atoms with Crippen molar-refractivity contribution in [3.05, 3.63) is 77.3 Å². The minimum absolute atomic E-state index is 0.0426. The van der Waals surface area contributed by atoms with Gasteiger partial charge in [-0.3, -0.25) is 4.79 Å². The van der Waals surface area contributed by atoms with Crippen LogP contribution in [0, 0.1) is 6.92 Å². The fourth-order valence-corrected chi connectivity index (χ4v) is 4.07. The first-order chi connectivity index (χ1) is 14.1.